The van der Waals surface area contributed by atoms with Crippen molar-refractivity contribution in [3.63, 3.8) is 0 Å². The Morgan fingerprint density at radius 2 is 1.85 bits per heavy atom. The van der Waals surface area contributed by atoms with E-state index >= 15 is 0 Å². The van der Waals surface area contributed by atoms with Gasteiger partial charge < -0.3 is 9.64 Å². The molecule has 3 aliphatic heterocycles. The number of carbonyl (C=O) groups is 1. The minimum atomic E-state index is 0.0589. The second kappa shape index (κ2) is 6.62. The number of anilines is 1. The van der Waals surface area contributed by atoms with E-state index in [1.165, 1.54) is 5.56 Å². The molecule has 5 heteroatoms. The number of ether oxygens (including phenoxy) is 1. The molecule has 2 fully saturated rings. The third kappa shape index (κ3) is 3.06. The van der Waals surface area contributed by atoms with E-state index in [2.05, 4.69) is 23.1 Å². The molecule has 0 N–H and O–H groups in total. The number of para-hydroxylation sites is 1. The van der Waals surface area contributed by atoms with Gasteiger partial charge in [-0.2, -0.15) is 0 Å². The molecule has 1 spiro atoms. The SMILES string of the molecule is O=C(c1ccc(Cl)cc1)N1CC2(CCN(C3COC3)C2)Cc2ccccc21. The first kappa shape index (κ1) is 17.2. The highest BCUT2D eigenvalue weighted by molar-refractivity contribution is 6.30. The zero-order valence-corrected chi connectivity index (χ0v) is 16.0. The predicted molar refractivity (Wildman–Crippen MR) is 107 cm³/mol. The molecule has 0 aromatic heterocycles. The molecule has 0 aliphatic carbocycles. The summed E-state index contributed by atoms with van der Waals surface area (Å²) >= 11 is 6.01. The van der Waals surface area contributed by atoms with Crippen LogP contribution < -0.4 is 4.90 Å². The highest BCUT2D eigenvalue weighted by Crippen LogP contribution is 2.43. The first-order valence-corrected chi connectivity index (χ1v) is 9.99. The normalized spacial score (nSPS) is 25.4. The zero-order valence-electron chi connectivity index (χ0n) is 15.2. The van der Waals surface area contributed by atoms with E-state index < -0.39 is 0 Å². The molecule has 4 nitrogen and oxygen atoms in total. The second-order valence-electron chi connectivity index (χ2n) is 8.12. The topological polar surface area (TPSA) is 32.8 Å². The minimum Gasteiger partial charge on any atom is -0.378 e. The highest BCUT2D eigenvalue weighted by atomic mass is 35.5. The van der Waals surface area contributed by atoms with E-state index in [-0.39, 0.29) is 11.3 Å². The summed E-state index contributed by atoms with van der Waals surface area (Å²) < 4.78 is 5.39. The number of hydrogen-bond donors (Lipinski definition) is 0. The molecule has 0 bridgehead atoms. The average Bonchev–Trinajstić information content (AvgIpc) is 3.02. The Labute approximate surface area is 164 Å². The van der Waals surface area contributed by atoms with Crippen LogP contribution in [-0.4, -0.2) is 49.7 Å². The highest BCUT2D eigenvalue weighted by Gasteiger charge is 2.46. The van der Waals surface area contributed by atoms with Crippen molar-refractivity contribution in [2.45, 2.75) is 18.9 Å². The lowest BCUT2D eigenvalue weighted by atomic mass is 9.76. The molecule has 27 heavy (non-hydrogen) atoms. The number of hydrogen-bond acceptors (Lipinski definition) is 3. The van der Waals surface area contributed by atoms with Gasteiger partial charge in [-0.05, 0) is 55.3 Å². The van der Waals surface area contributed by atoms with Crippen molar-refractivity contribution >= 4 is 23.2 Å². The fraction of sp³-hybridized carbons (Fsp3) is 0.409. The smallest absolute Gasteiger partial charge is 0.258 e. The van der Waals surface area contributed by atoms with Crippen molar-refractivity contribution in [1.29, 1.82) is 0 Å². The van der Waals surface area contributed by atoms with Crippen molar-refractivity contribution < 1.29 is 9.53 Å². The lowest BCUT2D eigenvalue weighted by molar-refractivity contribution is -0.0601. The van der Waals surface area contributed by atoms with E-state index in [1.54, 1.807) is 12.1 Å². The third-order valence-electron chi connectivity index (χ3n) is 6.28. The number of benzene rings is 2. The van der Waals surface area contributed by atoms with Crippen LogP contribution in [0.1, 0.15) is 22.3 Å². The fourth-order valence-corrected chi connectivity index (χ4v) is 4.85. The van der Waals surface area contributed by atoms with Crippen molar-refractivity contribution in [2.24, 2.45) is 5.41 Å². The molecular formula is C22H23ClN2O2. The molecule has 0 radical (unpaired) electrons. The van der Waals surface area contributed by atoms with Gasteiger partial charge in [0.05, 0.1) is 19.3 Å². The minimum absolute atomic E-state index is 0.0589. The fourth-order valence-electron chi connectivity index (χ4n) is 4.72. The summed E-state index contributed by atoms with van der Waals surface area (Å²) in [5, 5.41) is 0.649. The van der Waals surface area contributed by atoms with Crippen LogP contribution in [-0.2, 0) is 11.2 Å². The quantitative estimate of drug-likeness (QED) is 0.795. The Balaban J connectivity index is 1.47. The Hall–Kier alpha value is -1.88. The third-order valence-corrected chi connectivity index (χ3v) is 6.53. The van der Waals surface area contributed by atoms with Gasteiger partial charge in [0.25, 0.3) is 5.91 Å². The predicted octanol–water partition coefficient (Wildman–Crippen LogP) is 3.63. The molecular weight excluding hydrogens is 360 g/mol. The van der Waals surface area contributed by atoms with Gasteiger partial charge in [-0.15, -0.1) is 0 Å². The van der Waals surface area contributed by atoms with E-state index in [4.69, 9.17) is 16.3 Å². The van der Waals surface area contributed by atoms with Gasteiger partial charge in [-0.1, -0.05) is 29.8 Å². The lowest BCUT2D eigenvalue weighted by Crippen LogP contribution is -2.51. The average molecular weight is 383 g/mol. The largest absolute Gasteiger partial charge is 0.378 e. The van der Waals surface area contributed by atoms with Gasteiger partial charge >= 0.3 is 0 Å². The van der Waals surface area contributed by atoms with Crippen molar-refractivity contribution in [1.82, 2.24) is 4.90 Å². The van der Waals surface area contributed by atoms with Gasteiger partial charge in [-0.25, -0.2) is 0 Å². The van der Waals surface area contributed by atoms with Crippen LogP contribution in [0.25, 0.3) is 0 Å². The second-order valence-corrected chi connectivity index (χ2v) is 8.55. The maximum absolute atomic E-state index is 13.3. The van der Waals surface area contributed by atoms with Crippen LogP contribution in [0.3, 0.4) is 0 Å². The molecule has 2 saturated heterocycles. The van der Waals surface area contributed by atoms with Crippen LogP contribution in [0.15, 0.2) is 48.5 Å². The van der Waals surface area contributed by atoms with E-state index in [9.17, 15) is 4.79 Å². The first-order chi connectivity index (χ1) is 13.1. The van der Waals surface area contributed by atoms with E-state index in [0.29, 0.717) is 16.6 Å². The van der Waals surface area contributed by atoms with Gasteiger partial charge in [0.15, 0.2) is 0 Å². The molecule has 0 saturated carbocycles. The van der Waals surface area contributed by atoms with Gasteiger partial charge in [0.1, 0.15) is 0 Å². The lowest BCUT2D eigenvalue weighted by Gasteiger charge is -2.43. The first-order valence-electron chi connectivity index (χ1n) is 9.61. The number of halogens is 1. The standard InChI is InChI=1S/C22H23ClN2O2/c23-18-7-5-16(6-8-18)21(26)25-15-22(11-17-3-1-2-4-20(17)25)9-10-24(14-22)19-12-27-13-19/h1-8,19H,9-15H2. The van der Waals surface area contributed by atoms with E-state index in [1.807, 2.05) is 23.1 Å². The Morgan fingerprint density at radius 1 is 1.07 bits per heavy atom. The number of carbonyl (C=O) groups excluding carboxylic acids is 1. The van der Waals surface area contributed by atoms with Gasteiger partial charge in [-0.3, -0.25) is 9.69 Å². The zero-order chi connectivity index (χ0) is 18.4. The molecule has 1 atom stereocenters. The summed E-state index contributed by atoms with van der Waals surface area (Å²) in [6.07, 6.45) is 2.17. The Kier molecular flexibility index (Phi) is 4.23. The molecule has 5 rings (SSSR count). The van der Waals surface area contributed by atoms with Crippen molar-refractivity contribution in [2.75, 3.05) is 37.7 Å². The van der Waals surface area contributed by atoms with Crippen molar-refractivity contribution in [3.8, 4) is 0 Å². The van der Waals surface area contributed by atoms with Gasteiger partial charge in [0, 0.05) is 34.8 Å². The monoisotopic (exact) mass is 382 g/mol. The van der Waals surface area contributed by atoms with E-state index in [0.717, 1.165) is 51.4 Å². The summed E-state index contributed by atoms with van der Waals surface area (Å²) in [5.41, 5.74) is 3.14. The summed E-state index contributed by atoms with van der Waals surface area (Å²) in [5.74, 6) is 0.0589. The molecule has 2 aromatic rings. The number of fused-ring (bicyclic) bond motifs is 1. The van der Waals surface area contributed by atoms with Crippen molar-refractivity contribution in [3.05, 3.63) is 64.7 Å². The Morgan fingerprint density at radius 3 is 2.59 bits per heavy atom. The van der Waals surface area contributed by atoms with Crippen LogP contribution in [0.5, 0.6) is 0 Å². The summed E-state index contributed by atoms with van der Waals surface area (Å²) in [6, 6.07) is 16.1. The maximum atomic E-state index is 13.3. The molecule has 1 unspecified atom stereocenters. The molecule has 1 amide bonds. The van der Waals surface area contributed by atoms with Crippen LogP contribution in [0.2, 0.25) is 5.02 Å². The Bertz CT molecular complexity index is 865. The number of rotatable bonds is 2. The van der Waals surface area contributed by atoms with Crippen LogP contribution in [0, 0.1) is 5.41 Å². The van der Waals surface area contributed by atoms with Crippen LogP contribution >= 0.6 is 11.6 Å². The summed E-state index contributed by atoms with van der Waals surface area (Å²) in [4.78, 5) is 17.9. The summed E-state index contributed by atoms with van der Waals surface area (Å²) in [6.45, 7) is 4.61. The molecule has 140 valence electrons. The maximum Gasteiger partial charge on any atom is 0.258 e. The number of nitrogens with zero attached hydrogens (tertiary/aromatic N) is 2. The molecule has 2 aromatic carbocycles. The summed E-state index contributed by atoms with van der Waals surface area (Å²) in [7, 11) is 0. The van der Waals surface area contributed by atoms with Crippen LogP contribution in [0.4, 0.5) is 5.69 Å². The molecule has 3 heterocycles. The number of amides is 1. The van der Waals surface area contributed by atoms with Gasteiger partial charge in [0.2, 0.25) is 0 Å². The molecule has 3 aliphatic rings. The number of likely N-dealkylation sites (tertiary alicyclic amines) is 1.